The van der Waals surface area contributed by atoms with Gasteiger partial charge in [-0.2, -0.15) is 0 Å². The van der Waals surface area contributed by atoms with E-state index in [1.807, 2.05) is 60.7 Å². The molecule has 0 N–H and O–H groups in total. The third kappa shape index (κ3) is 5.85. The molecule has 5 heteroatoms. The van der Waals surface area contributed by atoms with E-state index < -0.39 is 16.6 Å². The van der Waals surface area contributed by atoms with Gasteiger partial charge in [0.1, 0.15) is 0 Å². The molecule has 3 aromatic carbocycles. The lowest BCUT2D eigenvalue weighted by molar-refractivity contribution is 0.0719. The van der Waals surface area contributed by atoms with E-state index in [1.54, 1.807) is 0 Å². The number of hydrogen-bond donors (Lipinski definition) is 0. The lowest BCUT2D eigenvalue weighted by atomic mass is 10.1. The molecule has 0 fully saturated rings. The molecule has 0 unspecified atom stereocenters. The summed E-state index contributed by atoms with van der Waals surface area (Å²) in [6.45, 7) is 18.3. The smallest absolute Gasteiger partial charge is 0.325 e. The lowest BCUT2D eigenvalue weighted by Crippen LogP contribution is -2.67. The first-order valence-corrected chi connectivity index (χ1v) is 17.2. The van der Waals surface area contributed by atoms with Crippen LogP contribution in [-0.2, 0) is 15.5 Å². The normalized spacial score (nSPS) is 12.9. The Morgan fingerprint density at radius 1 is 0.686 bits per heavy atom. The fraction of sp³-hybridized carbons (Fsp3) is 0.367. The summed E-state index contributed by atoms with van der Waals surface area (Å²) >= 11 is 0. The van der Waals surface area contributed by atoms with Crippen LogP contribution in [0.25, 0.3) is 0 Å². The Labute approximate surface area is 213 Å². The van der Waals surface area contributed by atoms with Crippen LogP contribution in [0.15, 0.2) is 84.9 Å². The highest BCUT2D eigenvalue weighted by Crippen LogP contribution is 2.38. The standard InChI is InChI=1S/C30H40O3Si2/c1-29(2,3)34(7,8)32-23-24-19-21-25(22-20-24)28(31)33-35(30(4,5)6,26-15-11-9-12-16-26)27-17-13-10-14-18-27/h9-22H,23H2,1-8H3. The van der Waals surface area contributed by atoms with Gasteiger partial charge in [-0.1, -0.05) is 114 Å². The molecular weight excluding hydrogens is 464 g/mol. The number of hydrogen-bond acceptors (Lipinski definition) is 3. The van der Waals surface area contributed by atoms with Crippen molar-refractivity contribution < 1.29 is 13.6 Å². The summed E-state index contributed by atoms with van der Waals surface area (Å²) in [4.78, 5) is 13.6. The highest BCUT2D eigenvalue weighted by Gasteiger charge is 2.53. The minimum Gasteiger partial charge on any atom is -0.506 e. The van der Waals surface area contributed by atoms with Crippen LogP contribution < -0.4 is 10.4 Å². The van der Waals surface area contributed by atoms with Crippen LogP contribution in [0.2, 0.25) is 23.2 Å². The molecule has 35 heavy (non-hydrogen) atoms. The molecule has 3 aromatic rings. The van der Waals surface area contributed by atoms with Crippen molar-refractivity contribution in [1.82, 2.24) is 0 Å². The third-order valence-corrected chi connectivity index (χ3v) is 16.6. The molecule has 0 saturated carbocycles. The summed E-state index contributed by atoms with van der Waals surface area (Å²) in [6.07, 6.45) is 0. The van der Waals surface area contributed by atoms with Crippen molar-refractivity contribution in [2.24, 2.45) is 0 Å². The summed E-state index contributed by atoms with van der Waals surface area (Å²) in [6, 6.07) is 28.2. The van der Waals surface area contributed by atoms with Crippen molar-refractivity contribution in [3.05, 3.63) is 96.1 Å². The molecule has 0 aliphatic carbocycles. The van der Waals surface area contributed by atoms with Crippen molar-refractivity contribution in [3.63, 3.8) is 0 Å². The second kappa shape index (κ2) is 10.3. The first-order valence-electron chi connectivity index (χ1n) is 12.4. The number of carbonyl (C=O) groups excluding carboxylic acids is 1. The second-order valence-corrected chi connectivity index (χ2v) is 20.8. The quantitative estimate of drug-likeness (QED) is 0.327. The summed E-state index contributed by atoms with van der Waals surface area (Å²) in [7, 11) is -4.78. The average Bonchev–Trinajstić information content (AvgIpc) is 2.81. The number of carbonyl (C=O) groups is 1. The van der Waals surface area contributed by atoms with E-state index in [0.29, 0.717) is 12.2 Å². The van der Waals surface area contributed by atoms with Crippen molar-refractivity contribution in [2.75, 3.05) is 0 Å². The Balaban J connectivity index is 1.91. The lowest BCUT2D eigenvalue weighted by Gasteiger charge is -2.42. The molecule has 0 spiro atoms. The molecule has 0 aliphatic rings. The molecule has 0 atom stereocenters. The fourth-order valence-electron chi connectivity index (χ4n) is 4.06. The van der Waals surface area contributed by atoms with Gasteiger partial charge in [0.2, 0.25) is 0 Å². The van der Waals surface area contributed by atoms with Gasteiger partial charge in [-0.25, -0.2) is 4.79 Å². The van der Waals surface area contributed by atoms with Crippen molar-refractivity contribution in [2.45, 2.75) is 71.3 Å². The molecule has 0 radical (unpaired) electrons. The molecule has 0 aromatic heterocycles. The van der Waals surface area contributed by atoms with Gasteiger partial charge in [-0.3, -0.25) is 0 Å². The zero-order chi connectivity index (χ0) is 25.9. The van der Waals surface area contributed by atoms with E-state index >= 15 is 0 Å². The Kier molecular flexibility index (Phi) is 7.94. The molecule has 0 heterocycles. The monoisotopic (exact) mass is 504 g/mol. The fourth-order valence-corrected chi connectivity index (χ4v) is 9.35. The Bertz CT molecular complexity index is 1070. The average molecular weight is 505 g/mol. The van der Waals surface area contributed by atoms with Crippen molar-refractivity contribution in [1.29, 1.82) is 0 Å². The molecule has 3 nitrogen and oxygen atoms in total. The van der Waals surface area contributed by atoms with Crippen LogP contribution in [0.5, 0.6) is 0 Å². The third-order valence-electron chi connectivity index (χ3n) is 7.26. The summed E-state index contributed by atoms with van der Waals surface area (Å²) in [5.41, 5.74) is 1.63. The van der Waals surface area contributed by atoms with Gasteiger partial charge in [0.15, 0.2) is 8.32 Å². The molecule has 0 aliphatic heterocycles. The van der Waals surface area contributed by atoms with Gasteiger partial charge in [0.05, 0.1) is 12.2 Å². The van der Waals surface area contributed by atoms with E-state index in [2.05, 4.69) is 78.9 Å². The van der Waals surface area contributed by atoms with Crippen LogP contribution >= 0.6 is 0 Å². The Morgan fingerprint density at radius 3 is 1.54 bits per heavy atom. The molecule has 0 amide bonds. The second-order valence-electron chi connectivity index (χ2n) is 11.8. The summed E-state index contributed by atoms with van der Waals surface area (Å²) in [5, 5.41) is 2.08. The topological polar surface area (TPSA) is 35.5 Å². The molecule has 0 bridgehead atoms. The largest absolute Gasteiger partial charge is 0.506 e. The maximum absolute atomic E-state index is 13.6. The van der Waals surface area contributed by atoms with E-state index in [-0.39, 0.29) is 16.0 Å². The highest BCUT2D eigenvalue weighted by atomic mass is 28.4. The van der Waals surface area contributed by atoms with Gasteiger partial charge in [0.25, 0.3) is 0 Å². The van der Waals surface area contributed by atoms with Gasteiger partial charge in [-0.05, 0) is 51.2 Å². The van der Waals surface area contributed by atoms with Crippen LogP contribution in [0.1, 0.15) is 57.5 Å². The highest BCUT2D eigenvalue weighted by molar-refractivity contribution is 7.00. The van der Waals surface area contributed by atoms with Gasteiger partial charge < -0.3 is 8.85 Å². The van der Waals surface area contributed by atoms with Crippen LogP contribution in [0.4, 0.5) is 0 Å². The van der Waals surface area contributed by atoms with Crippen molar-refractivity contribution in [3.8, 4) is 0 Å². The van der Waals surface area contributed by atoms with Gasteiger partial charge >= 0.3 is 14.3 Å². The Morgan fingerprint density at radius 2 is 1.14 bits per heavy atom. The van der Waals surface area contributed by atoms with Crippen LogP contribution in [0, 0.1) is 0 Å². The molecule has 0 saturated heterocycles. The van der Waals surface area contributed by atoms with E-state index in [4.69, 9.17) is 8.85 Å². The molecular formula is C30H40O3Si2. The first-order chi connectivity index (χ1) is 16.3. The first kappa shape index (κ1) is 27.1. The number of benzene rings is 3. The summed E-state index contributed by atoms with van der Waals surface area (Å²) in [5.74, 6) is -0.281. The zero-order valence-corrected chi connectivity index (χ0v) is 24.5. The zero-order valence-electron chi connectivity index (χ0n) is 22.5. The molecule has 186 valence electrons. The van der Waals surface area contributed by atoms with Crippen molar-refractivity contribution >= 4 is 33.0 Å². The van der Waals surface area contributed by atoms with Gasteiger partial charge in [0, 0.05) is 0 Å². The predicted octanol–water partition coefficient (Wildman–Crippen LogP) is 6.93. The minimum atomic E-state index is -2.94. The number of rotatable bonds is 7. The van der Waals surface area contributed by atoms with Gasteiger partial charge in [-0.15, -0.1) is 0 Å². The van der Waals surface area contributed by atoms with E-state index in [0.717, 1.165) is 15.9 Å². The maximum atomic E-state index is 13.6. The van der Waals surface area contributed by atoms with E-state index in [1.165, 1.54) is 0 Å². The maximum Gasteiger partial charge on any atom is 0.325 e. The SMILES string of the molecule is CC(C)(C)[Si](C)(C)OCc1ccc(C(=O)O[Si](c2ccccc2)(c2ccccc2)C(C)(C)C)cc1. The Hall–Kier alpha value is -2.48. The van der Waals surface area contributed by atoms with Crippen LogP contribution in [-0.4, -0.2) is 22.6 Å². The minimum absolute atomic E-state index is 0.159. The van der Waals surface area contributed by atoms with E-state index in [9.17, 15) is 4.79 Å². The predicted molar refractivity (Wildman–Crippen MR) is 151 cm³/mol. The molecule has 3 rings (SSSR count). The summed E-state index contributed by atoms with van der Waals surface area (Å²) < 4.78 is 13.0. The van der Waals surface area contributed by atoms with Crippen LogP contribution in [0.3, 0.4) is 0 Å².